The third-order valence-corrected chi connectivity index (χ3v) is 5.20. The molecule has 1 aromatic carbocycles. The van der Waals surface area contributed by atoms with Gasteiger partial charge in [0.25, 0.3) is 5.91 Å². The fourth-order valence-electron chi connectivity index (χ4n) is 1.77. The van der Waals surface area contributed by atoms with Crippen molar-refractivity contribution in [2.45, 2.75) is 13.5 Å². The monoisotopic (exact) mass is 339 g/mol. The number of thiazole rings is 1. The lowest BCUT2D eigenvalue weighted by Gasteiger charge is -2.17. The maximum absolute atomic E-state index is 11.9. The number of sulfonamides is 1. The summed E-state index contributed by atoms with van der Waals surface area (Å²) in [5.74, 6) is -0.236. The molecule has 6 nitrogen and oxygen atoms in total. The molecule has 2 rings (SSSR count). The Morgan fingerprint density at radius 1 is 1.41 bits per heavy atom. The van der Waals surface area contributed by atoms with Crippen LogP contribution in [0.1, 0.15) is 21.1 Å². The van der Waals surface area contributed by atoms with E-state index in [1.807, 2.05) is 18.4 Å². The van der Waals surface area contributed by atoms with Gasteiger partial charge in [0.15, 0.2) is 5.01 Å². The summed E-state index contributed by atoms with van der Waals surface area (Å²) in [6.07, 6.45) is 1.15. The second-order valence-corrected chi connectivity index (χ2v) is 7.75. The Labute approximate surface area is 133 Å². The number of benzene rings is 1. The van der Waals surface area contributed by atoms with Gasteiger partial charge in [-0.05, 0) is 24.6 Å². The Morgan fingerprint density at radius 3 is 2.73 bits per heavy atom. The quantitative estimate of drug-likeness (QED) is 0.900. The van der Waals surface area contributed by atoms with Gasteiger partial charge < -0.3 is 5.32 Å². The second-order valence-electron chi connectivity index (χ2n) is 4.88. The van der Waals surface area contributed by atoms with Crippen LogP contribution in [0.4, 0.5) is 5.69 Å². The lowest BCUT2D eigenvalue weighted by molar-refractivity contribution is 0.0950. The zero-order valence-corrected chi connectivity index (χ0v) is 14.2. The van der Waals surface area contributed by atoms with Crippen LogP contribution in [0.5, 0.6) is 0 Å². The number of hydrogen-bond acceptors (Lipinski definition) is 5. The molecular formula is C14H17N3O3S2. The summed E-state index contributed by atoms with van der Waals surface area (Å²) in [6.45, 7) is 2.14. The van der Waals surface area contributed by atoms with Crippen LogP contribution in [0.25, 0.3) is 0 Å². The van der Waals surface area contributed by atoms with Gasteiger partial charge in [0, 0.05) is 24.7 Å². The molecule has 22 heavy (non-hydrogen) atoms. The van der Waals surface area contributed by atoms with Gasteiger partial charge in [0.1, 0.15) is 0 Å². The van der Waals surface area contributed by atoms with Crippen LogP contribution in [-0.2, 0) is 16.6 Å². The number of nitrogens with one attached hydrogen (secondary N) is 1. The van der Waals surface area contributed by atoms with Crippen molar-refractivity contribution in [3.8, 4) is 0 Å². The van der Waals surface area contributed by atoms with Gasteiger partial charge in [0.05, 0.1) is 11.9 Å². The van der Waals surface area contributed by atoms with E-state index in [0.29, 0.717) is 17.2 Å². The zero-order valence-electron chi connectivity index (χ0n) is 12.5. The van der Waals surface area contributed by atoms with Gasteiger partial charge in [-0.2, -0.15) is 0 Å². The third kappa shape index (κ3) is 4.05. The first kappa shape index (κ1) is 16.4. The van der Waals surface area contributed by atoms with Crippen LogP contribution in [0, 0.1) is 6.92 Å². The minimum atomic E-state index is -3.31. The Balaban J connectivity index is 2.06. The lowest BCUT2D eigenvalue weighted by atomic mass is 10.2. The average Bonchev–Trinajstić information content (AvgIpc) is 2.90. The van der Waals surface area contributed by atoms with Crippen molar-refractivity contribution in [2.75, 3.05) is 17.6 Å². The molecule has 1 N–H and O–H groups in total. The minimum absolute atomic E-state index is 0.236. The van der Waals surface area contributed by atoms with Crippen molar-refractivity contribution in [1.29, 1.82) is 0 Å². The van der Waals surface area contributed by atoms with Crippen LogP contribution in [0.2, 0.25) is 0 Å². The highest BCUT2D eigenvalue weighted by atomic mass is 32.2. The van der Waals surface area contributed by atoms with Gasteiger partial charge >= 0.3 is 0 Å². The maximum atomic E-state index is 11.9. The van der Waals surface area contributed by atoms with E-state index in [2.05, 4.69) is 10.3 Å². The molecule has 0 aliphatic heterocycles. The Morgan fingerprint density at radius 2 is 2.14 bits per heavy atom. The molecule has 0 radical (unpaired) electrons. The standard InChI is InChI=1S/C14H17N3O3S2/c1-10-9-21-14(16-10)13(18)15-8-11-5-4-6-12(7-11)17(2)22(3,19)20/h4-7,9H,8H2,1-3H3,(H,15,18). The molecule has 2 aromatic rings. The number of carbonyl (C=O) groups is 1. The predicted molar refractivity (Wildman–Crippen MR) is 87.7 cm³/mol. The van der Waals surface area contributed by atoms with E-state index in [9.17, 15) is 13.2 Å². The summed E-state index contributed by atoms with van der Waals surface area (Å²) in [5, 5.41) is 5.01. The molecular weight excluding hydrogens is 322 g/mol. The van der Waals surface area contributed by atoms with Crippen molar-refractivity contribution in [1.82, 2.24) is 10.3 Å². The number of aryl methyl sites for hydroxylation is 1. The topological polar surface area (TPSA) is 79.4 Å². The first-order valence-electron chi connectivity index (χ1n) is 6.50. The molecule has 0 fully saturated rings. The van der Waals surface area contributed by atoms with Crippen LogP contribution in [-0.4, -0.2) is 32.6 Å². The summed E-state index contributed by atoms with van der Waals surface area (Å²) in [7, 11) is -1.82. The maximum Gasteiger partial charge on any atom is 0.280 e. The molecule has 0 aliphatic rings. The molecule has 0 saturated carbocycles. The van der Waals surface area contributed by atoms with Crippen molar-refractivity contribution in [2.24, 2.45) is 0 Å². The highest BCUT2D eigenvalue weighted by Gasteiger charge is 2.13. The van der Waals surface area contributed by atoms with E-state index in [4.69, 9.17) is 0 Å². The predicted octanol–water partition coefficient (Wildman–Crippen LogP) is 1.78. The van der Waals surface area contributed by atoms with E-state index in [1.54, 1.807) is 18.2 Å². The van der Waals surface area contributed by atoms with Gasteiger partial charge in [-0.15, -0.1) is 11.3 Å². The lowest BCUT2D eigenvalue weighted by Crippen LogP contribution is -2.25. The second kappa shape index (κ2) is 6.45. The van der Waals surface area contributed by atoms with Crippen molar-refractivity contribution in [3.05, 3.63) is 45.9 Å². The molecule has 0 spiro atoms. The van der Waals surface area contributed by atoms with Crippen molar-refractivity contribution >= 4 is 33.0 Å². The third-order valence-electron chi connectivity index (χ3n) is 3.04. The van der Waals surface area contributed by atoms with Crippen LogP contribution in [0.3, 0.4) is 0 Å². The summed E-state index contributed by atoms with van der Waals surface area (Å²) in [4.78, 5) is 16.1. The van der Waals surface area contributed by atoms with Gasteiger partial charge in [-0.1, -0.05) is 12.1 Å². The molecule has 0 unspecified atom stereocenters. The number of rotatable bonds is 5. The number of amides is 1. The van der Waals surface area contributed by atoms with Crippen LogP contribution < -0.4 is 9.62 Å². The summed E-state index contributed by atoms with van der Waals surface area (Å²) in [5.41, 5.74) is 2.18. The number of carbonyl (C=O) groups excluding carboxylic acids is 1. The molecule has 1 amide bonds. The number of nitrogens with zero attached hydrogens (tertiary/aromatic N) is 2. The zero-order chi connectivity index (χ0) is 16.3. The first-order valence-corrected chi connectivity index (χ1v) is 9.23. The van der Waals surface area contributed by atoms with E-state index in [-0.39, 0.29) is 5.91 Å². The fourth-order valence-corrected chi connectivity index (χ4v) is 2.98. The first-order chi connectivity index (χ1) is 10.3. The summed E-state index contributed by atoms with van der Waals surface area (Å²) >= 11 is 1.29. The minimum Gasteiger partial charge on any atom is -0.346 e. The molecule has 1 aromatic heterocycles. The number of hydrogen-bond donors (Lipinski definition) is 1. The Bertz CT molecular complexity index is 784. The smallest absolute Gasteiger partial charge is 0.280 e. The number of aromatic nitrogens is 1. The normalized spacial score (nSPS) is 11.2. The number of anilines is 1. The molecule has 0 bridgehead atoms. The Hall–Kier alpha value is -1.93. The average molecular weight is 339 g/mol. The highest BCUT2D eigenvalue weighted by Crippen LogP contribution is 2.17. The molecule has 0 atom stereocenters. The van der Waals surface area contributed by atoms with Gasteiger partial charge in [0.2, 0.25) is 10.0 Å². The molecule has 0 saturated heterocycles. The fraction of sp³-hybridized carbons (Fsp3) is 0.286. The van der Waals surface area contributed by atoms with Gasteiger partial charge in [-0.3, -0.25) is 9.10 Å². The molecule has 8 heteroatoms. The van der Waals surface area contributed by atoms with E-state index < -0.39 is 10.0 Å². The Kier molecular flexibility index (Phi) is 4.82. The van der Waals surface area contributed by atoms with Crippen LogP contribution >= 0.6 is 11.3 Å². The molecule has 1 heterocycles. The molecule has 118 valence electrons. The summed E-state index contributed by atoms with van der Waals surface area (Å²) in [6, 6.07) is 7.02. The van der Waals surface area contributed by atoms with Crippen molar-refractivity contribution in [3.63, 3.8) is 0 Å². The molecule has 0 aliphatic carbocycles. The van der Waals surface area contributed by atoms with E-state index >= 15 is 0 Å². The SMILES string of the molecule is Cc1csc(C(=O)NCc2cccc(N(C)S(C)(=O)=O)c2)n1. The largest absolute Gasteiger partial charge is 0.346 e. The summed E-state index contributed by atoms with van der Waals surface area (Å²) < 4.78 is 24.3. The highest BCUT2D eigenvalue weighted by molar-refractivity contribution is 7.92. The van der Waals surface area contributed by atoms with E-state index in [0.717, 1.165) is 17.5 Å². The van der Waals surface area contributed by atoms with E-state index in [1.165, 1.54) is 22.7 Å². The van der Waals surface area contributed by atoms with Crippen molar-refractivity contribution < 1.29 is 13.2 Å². The van der Waals surface area contributed by atoms with Gasteiger partial charge in [-0.25, -0.2) is 13.4 Å². The van der Waals surface area contributed by atoms with Crippen LogP contribution in [0.15, 0.2) is 29.6 Å².